The van der Waals surface area contributed by atoms with Gasteiger partial charge in [-0.1, -0.05) is 0 Å². The summed E-state index contributed by atoms with van der Waals surface area (Å²) in [5.41, 5.74) is 8.14. The van der Waals surface area contributed by atoms with Gasteiger partial charge in [-0.05, 0) is 55.0 Å². The first-order valence-electron chi connectivity index (χ1n) is 5.24. The third-order valence-corrected chi connectivity index (χ3v) is 2.47. The van der Waals surface area contributed by atoms with Gasteiger partial charge in [-0.15, -0.1) is 0 Å². The van der Waals surface area contributed by atoms with Crippen molar-refractivity contribution in [3.8, 4) is 0 Å². The number of hydrogen-bond donors (Lipinski definition) is 1. The molecule has 3 heteroatoms. The molecule has 0 bridgehead atoms. The number of rotatable bonds is 2. The Hall–Kier alpha value is -2.16. The Morgan fingerprint density at radius 2 is 1.71 bits per heavy atom. The van der Waals surface area contributed by atoms with E-state index in [2.05, 4.69) is 0 Å². The van der Waals surface area contributed by atoms with Gasteiger partial charge in [0.1, 0.15) is 5.82 Å². The van der Waals surface area contributed by atoms with Crippen molar-refractivity contribution in [2.24, 2.45) is 0 Å². The number of aryl methyl sites for hydroxylation is 1. The molecule has 0 fully saturated rings. The van der Waals surface area contributed by atoms with Crippen LogP contribution in [0, 0.1) is 12.7 Å². The van der Waals surface area contributed by atoms with E-state index >= 15 is 0 Å². The summed E-state index contributed by atoms with van der Waals surface area (Å²) in [7, 11) is 0. The maximum absolute atomic E-state index is 12.7. The van der Waals surface area contributed by atoms with Crippen LogP contribution in [0.25, 0.3) is 0 Å². The standard InChI is InChI=1S/C14H12FNO/c1-9-6-11(8-13(16)7-9)14(17)10-2-4-12(15)5-3-10/h2-8H,16H2,1H3. The number of carbonyl (C=O) groups excluding carboxylic acids is 1. The lowest BCUT2D eigenvalue weighted by Gasteiger charge is -2.04. The smallest absolute Gasteiger partial charge is 0.193 e. The second-order valence-corrected chi connectivity index (χ2v) is 3.97. The van der Waals surface area contributed by atoms with Crippen LogP contribution in [0.2, 0.25) is 0 Å². The lowest BCUT2D eigenvalue weighted by atomic mass is 10.0. The second-order valence-electron chi connectivity index (χ2n) is 3.97. The molecule has 0 aliphatic heterocycles. The molecule has 0 aliphatic rings. The van der Waals surface area contributed by atoms with E-state index in [1.807, 2.05) is 6.92 Å². The lowest BCUT2D eigenvalue weighted by molar-refractivity contribution is 0.103. The second kappa shape index (κ2) is 4.37. The third kappa shape index (κ3) is 2.50. The van der Waals surface area contributed by atoms with Gasteiger partial charge in [-0.3, -0.25) is 4.79 Å². The van der Waals surface area contributed by atoms with E-state index in [1.165, 1.54) is 24.3 Å². The molecule has 0 spiro atoms. The zero-order chi connectivity index (χ0) is 12.4. The van der Waals surface area contributed by atoms with Crippen molar-refractivity contribution in [1.82, 2.24) is 0 Å². The van der Waals surface area contributed by atoms with Gasteiger partial charge in [0, 0.05) is 16.8 Å². The summed E-state index contributed by atoms with van der Waals surface area (Å²) in [5.74, 6) is -0.509. The van der Waals surface area contributed by atoms with Crippen molar-refractivity contribution in [2.75, 3.05) is 5.73 Å². The van der Waals surface area contributed by atoms with Crippen LogP contribution in [0.3, 0.4) is 0 Å². The van der Waals surface area contributed by atoms with Crippen molar-refractivity contribution in [3.63, 3.8) is 0 Å². The highest BCUT2D eigenvalue weighted by atomic mass is 19.1. The minimum atomic E-state index is -0.356. The van der Waals surface area contributed by atoms with Crippen molar-refractivity contribution >= 4 is 11.5 Å². The number of nitrogen functional groups attached to an aromatic ring is 1. The van der Waals surface area contributed by atoms with Crippen molar-refractivity contribution in [2.45, 2.75) is 6.92 Å². The third-order valence-electron chi connectivity index (χ3n) is 2.47. The van der Waals surface area contributed by atoms with Gasteiger partial charge in [0.25, 0.3) is 0 Å². The van der Waals surface area contributed by atoms with Crippen LogP contribution in [0.15, 0.2) is 42.5 Å². The maximum atomic E-state index is 12.7. The summed E-state index contributed by atoms with van der Waals surface area (Å²) in [5, 5.41) is 0. The van der Waals surface area contributed by atoms with Gasteiger partial charge in [0.05, 0.1) is 0 Å². The molecule has 17 heavy (non-hydrogen) atoms. The van der Waals surface area contributed by atoms with Crippen molar-refractivity contribution < 1.29 is 9.18 Å². The Morgan fingerprint density at radius 3 is 2.29 bits per heavy atom. The average Bonchev–Trinajstić information content (AvgIpc) is 2.28. The molecule has 0 saturated heterocycles. The molecule has 0 heterocycles. The van der Waals surface area contributed by atoms with E-state index in [1.54, 1.807) is 18.2 Å². The molecule has 0 radical (unpaired) electrons. The number of hydrogen-bond acceptors (Lipinski definition) is 2. The monoisotopic (exact) mass is 229 g/mol. The number of benzene rings is 2. The number of nitrogens with two attached hydrogens (primary N) is 1. The Bertz CT molecular complexity index is 541. The number of anilines is 1. The van der Waals surface area contributed by atoms with E-state index in [4.69, 9.17) is 5.73 Å². The zero-order valence-corrected chi connectivity index (χ0v) is 9.41. The average molecular weight is 229 g/mol. The fourth-order valence-electron chi connectivity index (χ4n) is 1.71. The van der Waals surface area contributed by atoms with Crippen molar-refractivity contribution in [3.05, 3.63) is 65.0 Å². The van der Waals surface area contributed by atoms with Gasteiger partial charge in [-0.25, -0.2) is 4.39 Å². The van der Waals surface area contributed by atoms with Crippen molar-refractivity contribution in [1.29, 1.82) is 0 Å². The summed E-state index contributed by atoms with van der Waals surface area (Å²) in [4.78, 5) is 12.1. The van der Waals surface area contributed by atoms with Crippen LogP contribution in [-0.2, 0) is 0 Å². The first kappa shape index (κ1) is 11.3. The van der Waals surface area contributed by atoms with Gasteiger partial charge in [0.15, 0.2) is 5.78 Å². The first-order chi connectivity index (χ1) is 8.06. The van der Waals surface area contributed by atoms with E-state index in [0.717, 1.165) is 5.56 Å². The highest BCUT2D eigenvalue weighted by Crippen LogP contribution is 2.15. The summed E-state index contributed by atoms with van der Waals surface area (Å²) in [6.07, 6.45) is 0. The molecule has 0 atom stereocenters. The largest absolute Gasteiger partial charge is 0.399 e. The Balaban J connectivity index is 2.40. The van der Waals surface area contributed by atoms with E-state index in [9.17, 15) is 9.18 Å². The predicted molar refractivity (Wildman–Crippen MR) is 65.4 cm³/mol. The van der Waals surface area contributed by atoms with Crippen LogP contribution in [0.5, 0.6) is 0 Å². The Morgan fingerprint density at radius 1 is 1.06 bits per heavy atom. The Labute approximate surface area is 98.9 Å². The molecule has 86 valence electrons. The van der Waals surface area contributed by atoms with Gasteiger partial charge in [-0.2, -0.15) is 0 Å². The molecule has 0 amide bonds. The summed E-state index contributed by atoms with van der Waals surface area (Å²) in [6.45, 7) is 1.87. The maximum Gasteiger partial charge on any atom is 0.193 e. The number of halogens is 1. The quantitative estimate of drug-likeness (QED) is 0.635. The summed E-state index contributed by atoms with van der Waals surface area (Å²) in [6, 6.07) is 10.7. The molecular weight excluding hydrogens is 217 g/mol. The van der Waals surface area contributed by atoms with Gasteiger partial charge < -0.3 is 5.73 Å². The minimum absolute atomic E-state index is 0.152. The topological polar surface area (TPSA) is 43.1 Å². The SMILES string of the molecule is Cc1cc(N)cc(C(=O)c2ccc(F)cc2)c1. The Kier molecular flexibility index (Phi) is 2.91. The molecule has 2 nitrogen and oxygen atoms in total. The molecule has 0 aliphatic carbocycles. The number of carbonyl (C=O) groups is 1. The molecular formula is C14H12FNO. The van der Waals surface area contributed by atoms with E-state index in [0.29, 0.717) is 16.8 Å². The van der Waals surface area contributed by atoms with Crippen LogP contribution < -0.4 is 5.73 Å². The highest BCUT2D eigenvalue weighted by molar-refractivity contribution is 6.09. The molecule has 2 rings (SSSR count). The number of ketones is 1. The first-order valence-corrected chi connectivity index (χ1v) is 5.24. The fourth-order valence-corrected chi connectivity index (χ4v) is 1.71. The zero-order valence-electron chi connectivity index (χ0n) is 9.41. The summed E-state index contributed by atoms with van der Waals surface area (Å²) >= 11 is 0. The lowest BCUT2D eigenvalue weighted by Crippen LogP contribution is -2.02. The molecule has 0 saturated carbocycles. The summed E-state index contributed by atoms with van der Waals surface area (Å²) < 4.78 is 12.7. The van der Waals surface area contributed by atoms with Crippen LogP contribution in [0.4, 0.5) is 10.1 Å². The normalized spacial score (nSPS) is 10.2. The minimum Gasteiger partial charge on any atom is -0.399 e. The molecule has 2 N–H and O–H groups in total. The van der Waals surface area contributed by atoms with E-state index in [-0.39, 0.29) is 11.6 Å². The predicted octanol–water partition coefficient (Wildman–Crippen LogP) is 2.95. The molecule has 0 unspecified atom stereocenters. The molecule has 0 aromatic heterocycles. The van der Waals surface area contributed by atoms with Crippen LogP contribution in [-0.4, -0.2) is 5.78 Å². The highest BCUT2D eigenvalue weighted by Gasteiger charge is 2.09. The van der Waals surface area contributed by atoms with E-state index < -0.39 is 0 Å². The van der Waals surface area contributed by atoms with Crippen LogP contribution in [0.1, 0.15) is 21.5 Å². The fraction of sp³-hybridized carbons (Fsp3) is 0.0714. The molecule has 2 aromatic carbocycles. The van der Waals surface area contributed by atoms with Gasteiger partial charge in [0.2, 0.25) is 0 Å². The van der Waals surface area contributed by atoms with Crippen LogP contribution >= 0.6 is 0 Å². The molecule has 2 aromatic rings. The van der Waals surface area contributed by atoms with Gasteiger partial charge >= 0.3 is 0 Å².